The van der Waals surface area contributed by atoms with Crippen molar-refractivity contribution in [2.75, 3.05) is 14.2 Å². The number of hydrogen-bond donors (Lipinski definition) is 0. The van der Waals surface area contributed by atoms with Gasteiger partial charge in [0.15, 0.2) is 11.5 Å². The number of rotatable bonds is 5. The molecule has 0 saturated heterocycles. The van der Waals surface area contributed by atoms with Crippen LogP contribution in [-0.4, -0.2) is 19.1 Å². The summed E-state index contributed by atoms with van der Waals surface area (Å²) >= 11 is 6.09. The van der Waals surface area contributed by atoms with Crippen molar-refractivity contribution in [2.24, 2.45) is 0 Å². The molecule has 2 rings (SSSR count). The summed E-state index contributed by atoms with van der Waals surface area (Å²) < 4.78 is 10.2. The number of halogens is 1. The topological polar surface area (TPSA) is 85.4 Å². The number of ether oxygens (including phenoxy) is 2. The van der Waals surface area contributed by atoms with Crippen molar-refractivity contribution in [3.05, 3.63) is 62.7 Å². The zero-order chi connectivity index (χ0) is 17.7. The number of methoxy groups -OCH3 is 2. The van der Waals surface area contributed by atoms with Crippen LogP contribution < -0.4 is 9.47 Å². The van der Waals surface area contributed by atoms with Crippen LogP contribution in [0.4, 0.5) is 5.69 Å². The van der Waals surface area contributed by atoms with Gasteiger partial charge in [-0.2, -0.15) is 5.26 Å². The van der Waals surface area contributed by atoms with E-state index in [0.717, 1.165) is 0 Å². The van der Waals surface area contributed by atoms with Gasteiger partial charge in [0.25, 0.3) is 5.69 Å². The van der Waals surface area contributed by atoms with E-state index in [1.807, 2.05) is 6.07 Å². The van der Waals surface area contributed by atoms with Gasteiger partial charge >= 0.3 is 0 Å². The maximum atomic E-state index is 11.4. The highest BCUT2D eigenvalue weighted by molar-refractivity contribution is 6.32. The fourth-order valence-corrected chi connectivity index (χ4v) is 2.34. The largest absolute Gasteiger partial charge is 0.493 e. The number of allylic oxidation sites excluding steroid dienone is 1. The molecule has 0 radical (unpaired) electrons. The normalized spacial score (nSPS) is 10.8. The lowest BCUT2D eigenvalue weighted by Crippen LogP contribution is -1.99. The van der Waals surface area contributed by atoms with Crippen molar-refractivity contribution in [3.8, 4) is 17.6 Å². The van der Waals surface area contributed by atoms with Gasteiger partial charge < -0.3 is 9.47 Å². The summed E-state index contributed by atoms with van der Waals surface area (Å²) in [5.74, 6) is 0.501. The van der Waals surface area contributed by atoms with E-state index in [-0.39, 0.29) is 22.6 Å². The van der Waals surface area contributed by atoms with Crippen LogP contribution in [-0.2, 0) is 0 Å². The van der Waals surface area contributed by atoms with Gasteiger partial charge in [0.2, 0.25) is 0 Å². The summed E-state index contributed by atoms with van der Waals surface area (Å²) in [7, 11) is 2.79. The van der Waals surface area contributed by atoms with Crippen molar-refractivity contribution in [1.82, 2.24) is 0 Å². The van der Waals surface area contributed by atoms with Gasteiger partial charge in [-0.25, -0.2) is 0 Å². The Morgan fingerprint density at radius 2 is 1.88 bits per heavy atom. The Morgan fingerprint density at radius 3 is 2.42 bits per heavy atom. The summed E-state index contributed by atoms with van der Waals surface area (Å²) in [4.78, 5) is 10.8. The molecular formula is C17H13ClN2O4. The highest BCUT2D eigenvalue weighted by Crippen LogP contribution is 2.38. The Bertz CT molecular complexity index is 856. The van der Waals surface area contributed by atoms with Crippen LogP contribution in [0, 0.1) is 21.4 Å². The Labute approximate surface area is 143 Å². The molecule has 0 bridgehead atoms. The van der Waals surface area contributed by atoms with Crippen LogP contribution in [0.25, 0.3) is 11.6 Å². The standard InChI is InChI=1S/C17H13ClN2O4/c1-23-16-8-13(15(20(21)22)9-17(16)24-2)12(10-19)7-11-5-3-4-6-14(11)18/h3-9H,1-2H3/b12-7+. The predicted octanol–water partition coefficient (Wildman–Crippen LogP) is 4.33. The Balaban J connectivity index is 2.70. The van der Waals surface area contributed by atoms with Crippen LogP contribution >= 0.6 is 11.6 Å². The molecule has 6 nitrogen and oxygen atoms in total. The Kier molecular flexibility index (Phi) is 5.40. The van der Waals surface area contributed by atoms with Crippen LogP contribution in [0.3, 0.4) is 0 Å². The van der Waals surface area contributed by atoms with Crippen molar-refractivity contribution >= 4 is 28.9 Å². The molecule has 7 heteroatoms. The number of nitriles is 1. The Morgan fingerprint density at radius 1 is 1.25 bits per heavy atom. The van der Waals surface area contributed by atoms with Crippen molar-refractivity contribution < 1.29 is 14.4 Å². The average Bonchev–Trinajstić information content (AvgIpc) is 2.59. The van der Waals surface area contributed by atoms with E-state index in [4.69, 9.17) is 21.1 Å². The van der Waals surface area contributed by atoms with Crippen molar-refractivity contribution in [3.63, 3.8) is 0 Å². The second-order valence-corrected chi connectivity index (χ2v) is 5.08. The minimum atomic E-state index is -0.574. The third-order valence-corrected chi connectivity index (χ3v) is 3.66. The summed E-state index contributed by atoms with van der Waals surface area (Å²) in [6.07, 6.45) is 1.50. The summed E-state index contributed by atoms with van der Waals surface area (Å²) in [6, 6.07) is 11.5. The number of nitro benzene ring substituents is 1. The minimum absolute atomic E-state index is 0.0933. The zero-order valence-electron chi connectivity index (χ0n) is 12.9. The number of nitro groups is 1. The molecule has 0 atom stereocenters. The molecule has 0 aliphatic carbocycles. The van der Waals surface area contributed by atoms with Crippen LogP contribution in [0.15, 0.2) is 36.4 Å². The second-order valence-electron chi connectivity index (χ2n) is 4.67. The predicted molar refractivity (Wildman–Crippen MR) is 91.1 cm³/mol. The molecular weight excluding hydrogens is 332 g/mol. The maximum absolute atomic E-state index is 11.4. The van der Waals surface area contributed by atoms with E-state index < -0.39 is 4.92 Å². The summed E-state index contributed by atoms with van der Waals surface area (Å²) in [5.41, 5.74) is 0.545. The molecule has 2 aromatic rings. The molecule has 0 N–H and O–H groups in total. The van der Waals surface area contributed by atoms with Gasteiger partial charge in [0.1, 0.15) is 6.07 Å². The average molecular weight is 345 g/mol. The summed E-state index contributed by atoms with van der Waals surface area (Å²) in [5, 5.41) is 21.3. The van der Waals surface area contributed by atoms with Crippen LogP contribution in [0.2, 0.25) is 5.02 Å². The molecule has 0 spiro atoms. The van der Waals surface area contributed by atoms with Gasteiger partial charge in [0, 0.05) is 5.02 Å². The van der Waals surface area contributed by atoms with Crippen molar-refractivity contribution in [1.29, 1.82) is 5.26 Å². The lowest BCUT2D eigenvalue weighted by molar-refractivity contribution is -0.385. The fraction of sp³-hybridized carbons (Fsp3) is 0.118. The molecule has 24 heavy (non-hydrogen) atoms. The van der Waals surface area contributed by atoms with E-state index in [2.05, 4.69) is 0 Å². The van der Waals surface area contributed by atoms with Gasteiger partial charge in [0.05, 0.1) is 36.3 Å². The molecule has 0 heterocycles. The second kappa shape index (κ2) is 7.49. The molecule has 0 amide bonds. The van der Waals surface area contributed by atoms with Crippen LogP contribution in [0.5, 0.6) is 11.5 Å². The first-order valence-corrected chi connectivity index (χ1v) is 7.16. The lowest BCUT2D eigenvalue weighted by atomic mass is 10.0. The highest BCUT2D eigenvalue weighted by atomic mass is 35.5. The first-order chi connectivity index (χ1) is 11.5. The first-order valence-electron chi connectivity index (χ1n) is 6.79. The number of nitrogens with zero attached hydrogens (tertiary/aromatic N) is 2. The number of hydrogen-bond acceptors (Lipinski definition) is 5. The molecule has 0 saturated carbocycles. The van der Waals surface area contributed by atoms with Gasteiger partial charge in [-0.3, -0.25) is 10.1 Å². The molecule has 0 aliphatic heterocycles. The first kappa shape index (κ1) is 17.3. The van der Waals surface area contributed by atoms with Crippen LogP contribution in [0.1, 0.15) is 11.1 Å². The van der Waals surface area contributed by atoms with Crippen molar-refractivity contribution in [2.45, 2.75) is 0 Å². The smallest absolute Gasteiger partial charge is 0.281 e. The van der Waals surface area contributed by atoms with Gasteiger partial charge in [-0.05, 0) is 23.8 Å². The van der Waals surface area contributed by atoms with E-state index >= 15 is 0 Å². The number of benzene rings is 2. The molecule has 0 fully saturated rings. The maximum Gasteiger partial charge on any atom is 0.281 e. The van der Waals surface area contributed by atoms with E-state index in [1.54, 1.807) is 24.3 Å². The van der Waals surface area contributed by atoms with Gasteiger partial charge in [-0.1, -0.05) is 29.8 Å². The van der Waals surface area contributed by atoms with E-state index in [9.17, 15) is 15.4 Å². The molecule has 0 aliphatic rings. The monoisotopic (exact) mass is 344 g/mol. The van der Waals surface area contributed by atoms with Gasteiger partial charge in [-0.15, -0.1) is 0 Å². The molecule has 2 aromatic carbocycles. The highest BCUT2D eigenvalue weighted by Gasteiger charge is 2.22. The molecule has 0 aromatic heterocycles. The SMILES string of the molecule is COc1cc(/C(C#N)=C/c2ccccc2Cl)c([N+](=O)[O-])cc1OC. The Hall–Kier alpha value is -3.04. The quantitative estimate of drug-likeness (QED) is 0.349. The zero-order valence-corrected chi connectivity index (χ0v) is 13.7. The summed E-state index contributed by atoms with van der Waals surface area (Å²) in [6.45, 7) is 0. The molecule has 122 valence electrons. The minimum Gasteiger partial charge on any atom is -0.493 e. The lowest BCUT2D eigenvalue weighted by Gasteiger charge is -2.10. The third-order valence-electron chi connectivity index (χ3n) is 3.31. The van der Waals surface area contributed by atoms with E-state index in [0.29, 0.717) is 16.3 Å². The van der Waals surface area contributed by atoms with E-state index in [1.165, 1.54) is 32.4 Å². The fourth-order valence-electron chi connectivity index (χ4n) is 2.15. The third kappa shape index (κ3) is 3.47. The molecule has 0 unspecified atom stereocenters.